The van der Waals surface area contributed by atoms with Gasteiger partial charge in [-0.3, -0.25) is 0 Å². The van der Waals surface area contributed by atoms with Crippen molar-refractivity contribution < 1.29 is 35.3 Å². The number of carbonyl (C=O) groups is 1. The van der Waals surface area contributed by atoms with E-state index in [1.54, 1.807) is 18.2 Å². The maximum Gasteiger partial charge on any atom is 0.534 e. The van der Waals surface area contributed by atoms with Gasteiger partial charge < -0.3 is 8.92 Å². The second kappa shape index (κ2) is 8.58. The third-order valence-corrected chi connectivity index (χ3v) is 5.75. The molecule has 3 aromatic carbocycles. The molecular formula is C22H19F3O5S. The predicted molar refractivity (Wildman–Crippen MR) is 110 cm³/mol. The number of methoxy groups -OCH3 is 1. The molecule has 0 aliphatic carbocycles. The maximum absolute atomic E-state index is 12.8. The van der Waals surface area contributed by atoms with E-state index in [0.717, 1.165) is 36.3 Å². The molecule has 0 saturated heterocycles. The number of fused-ring (bicyclic) bond motifs is 1. The van der Waals surface area contributed by atoms with Gasteiger partial charge in [0, 0.05) is 0 Å². The lowest BCUT2D eigenvalue weighted by atomic mass is 9.96. The Balaban J connectivity index is 2.13. The number of aryl methyl sites for hydroxylation is 1. The SMILES string of the molecule is CCc1ccc(Cc2cccc3cc(C(=O)OC)c(OS(=O)(=O)C(F)(F)F)cc23)cc1. The number of carbonyl (C=O) groups excluding carboxylic acids is 1. The topological polar surface area (TPSA) is 69.7 Å². The van der Waals surface area contributed by atoms with E-state index in [1.165, 1.54) is 6.07 Å². The van der Waals surface area contributed by atoms with Crippen LogP contribution in [0.3, 0.4) is 0 Å². The van der Waals surface area contributed by atoms with E-state index in [4.69, 9.17) is 0 Å². The van der Waals surface area contributed by atoms with Crippen LogP contribution in [0.5, 0.6) is 5.75 Å². The highest BCUT2D eigenvalue weighted by Gasteiger charge is 2.49. The second-order valence-electron chi connectivity index (χ2n) is 6.81. The third-order valence-electron chi connectivity index (χ3n) is 4.78. The largest absolute Gasteiger partial charge is 0.534 e. The smallest absolute Gasteiger partial charge is 0.465 e. The minimum Gasteiger partial charge on any atom is -0.465 e. The number of ether oxygens (including phenoxy) is 1. The van der Waals surface area contributed by atoms with Crippen LogP contribution in [0.2, 0.25) is 0 Å². The third kappa shape index (κ3) is 4.82. The van der Waals surface area contributed by atoms with Gasteiger partial charge in [0.05, 0.1) is 7.11 Å². The van der Waals surface area contributed by atoms with Crippen molar-refractivity contribution in [1.29, 1.82) is 0 Å². The summed E-state index contributed by atoms with van der Waals surface area (Å²) >= 11 is 0. The molecule has 0 saturated carbocycles. The quantitative estimate of drug-likeness (QED) is 0.299. The van der Waals surface area contributed by atoms with Crippen LogP contribution >= 0.6 is 0 Å². The van der Waals surface area contributed by atoms with Crippen LogP contribution in [0.4, 0.5) is 13.2 Å². The predicted octanol–water partition coefficient (Wildman–Crippen LogP) is 5.01. The molecule has 9 heteroatoms. The van der Waals surface area contributed by atoms with Gasteiger partial charge in [-0.2, -0.15) is 21.6 Å². The maximum atomic E-state index is 12.8. The van der Waals surface area contributed by atoms with Gasteiger partial charge in [-0.15, -0.1) is 0 Å². The first-order valence-corrected chi connectivity index (χ1v) is 10.7. The lowest BCUT2D eigenvalue weighted by Gasteiger charge is -2.15. The Morgan fingerprint density at radius 1 is 1.00 bits per heavy atom. The standard InChI is InChI=1S/C22H19F3O5S/c1-3-14-7-9-15(10-8-14)11-16-5-4-6-17-12-19(21(26)29-2)20(13-18(16)17)30-31(27,28)22(23,24)25/h4-10,12-13H,3,11H2,1-2H3. The molecule has 0 bridgehead atoms. The van der Waals surface area contributed by atoms with Crippen LogP contribution in [0, 0.1) is 0 Å². The van der Waals surface area contributed by atoms with Gasteiger partial charge in [0.2, 0.25) is 0 Å². The minimum absolute atomic E-state index is 0.424. The van der Waals surface area contributed by atoms with E-state index in [2.05, 4.69) is 8.92 Å². The van der Waals surface area contributed by atoms with Gasteiger partial charge in [-0.1, -0.05) is 49.4 Å². The average Bonchev–Trinajstić information content (AvgIpc) is 2.72. The molecular weight excluding hydrogens is 433 g/mol. The Morgan fingerprint density at radius 3 is 2.23 bits per heavy atom. The fourth-order valence-corrected chi connectivity index (χ4v) is 3.61. The number of halogens is 3. The number of alkyl halides is 3. The summed E-state index contributed by atoms with van der Waals surface area (Å²) in [5.41, 5.74) is -3.21. The lowest BCUT2D eigenvalue weighted by molar-refractivity contribution is -0.0500. The highest BCUT2D eigenvalue weighted by atomic mass is 32.2. The van der Waals surface area contributed by atoms with E-state index < -0.39 is 32.9 Å². The molecule has 0 unspecified atom stereocenters. The molecule has 164 valence electrons. The highest BCUT2D eigenvalue weighted by Crippen LogP contribution is 2.34. The molecule has 3 rings (SSSR count). The van der Waals surface area contributed by atoms with Gasteiger partial charge in [0.15, 0.2) is 5.75 Å². The van der Waals surface area contributed by atoms with Crippen LogP contribution in [0.25, 0.3) is 10.8 Å². The second-order valence-corrected chi connectivity index (χ2v) is 8.35. The molecule has 0 radical (unpaired) electrons. The molecule has 0 aliphatic rings. The van der Waals surface area contributed by atoms with Crippen LogP contribution in [0.15, 0.2) is 54.6 Å². The lowest BCUT2D eigenvalue weighted by Crippen LogP contribution is -2.28. The van der Waals surface area contributed by atoms with Crippen molar-refractivity contribution in [1.82, 2.24) is 0 Å². The number of rotatable bonds is 6. The van der Waals surface area contributed by atoms with Crippen LogP contribution in [-0.4, -0.2) is 27.0 Å². The summed E-state index contributed by atoms with van der Waals surface area (Å²) in [4.78, 5) is 12.1. The first-order valence-electron chi connectivity index (χ1n) is 9.28. The van der Waals surface area contributed by atoms with Crippen molar-refractivity contribution in [3.8, 4) is 5.75 Å². The molecule has 0 amide bonds. The molecule has 0 spiro atoms. The zero-order valence-electron chi connectivity index (χ0n) is 16.7. The van der Waals surface area contributed by atoms with E-state index in [1.807, 2.05) is 31.2 Å². The molecule has 0 fully saturated rings. The van der Waals surface area contributed by atoms with E-state index >= 15 is 0 Å². The normalized spacial score (nSPS) is 12.0. The Kier molecular flexibility index (Phi) is 6.26. The van der Waals surface area contributed by atoms with Crippen molar-refractivity contribution in [3.63, 3.8) is 0 Å². The van der Waals surface area contributed by atoms with Crippen molar-refractivity contribution in [2.24, 2.45) is 0 Å². The number of benzene rings is 3. The van der Waals surface area contributed by atoms with Crippen molar-refractivity contribution in [3.05, 3.63) is 76.9 Å². The Hall–Kier alpha value is -3.07. The van der Waals surface area contributed by atoms with Crippen LogP contribution in [-0.2, 0) is 27.7 Å². The zero-order chi connectivity index (χ0) is 22.8. The van der Waals surface area contributed by atoms with Crippen molar-refractivity contribution in [2.75, 3.05) is 7.11 Å². The fraction of sp³-hybridized carbons (Fsp3) is 0.227. The van der Waals surface area contributed by atoms with Gasteiger partial charge in [-0.25, -0.2) is 4.79 Å². The van der Waals surface area contributed by atoms with Crippen molar-refractivity contribution in [2.45, 2.75) is 25.3 Å². The summed E-state index contributed by atoms with van der Waals surface area (Å²) in [6, 6.07) is 15.4. The monoisotopic (exact) mass is 452 g/mol. The van der Waals surface area contributed by atoms with E-state index in [0.29, 0.717) is 17.2 Å². The van der Waals surface area contributed by atoms with Crippen molar-refractivity contribution >= 4 is 26.9 Å². The van der Waals surface area contributed by atoms with Gasteiger partial charge in [0.1, 0.15) is 5.56 Å². The summed E-state index contributed by atoms with van der Waals surface area (Å²) in [7, 11) is -4.94. The molecule has 0 heterocycles. The highest BCUT2D eigenvalue weighted by molar-refractivity contribution is 7.88. The summed E-state index contributed by atoms with van der Waals surface area (Å²) in [5.74, 6) is -1.76. The Bertz CT molecular complexity index is 1220. The fourth-order valence-electron chi connectivity index (χ4n) is 3.14. The van der Waals surface area contributed by atoms with E-state index in [9.17, 15) is 26.4 Å². The summed E-state index contributed by atoms with van der Waals surface area (Å²) < 4.78 is 70.5. The molecule has 0 aromatic heterocycles. The zero-order valence-corrected chi connectivity index (χ0v) is 17.5. The molecule has 0 aliphatic heterocycles. The summed E-state index contributed by atoms with van der Waals surface area (Å²) in [6.45, 7) is 2.04. The molecule has 5 nitrogen and oxygen atoms in total. The minimum atomic E-state index is -5.97. The van der Waals surface area contributed by atoms with Gasteiger partial charge in [0.25, 0.3) is 0 Å². The number of hydrogen-bond acceptors (Lipinski definition) is 5. The van der Waals surface area contributed by atoms with Gasteiger partial charge in [-0.05, 0) is 52.4 Å². The first kappa shape index (κ1) is 22.6. The van der Waals surface area contributed by atoms with Crippen LogP contribution < -0.4 is 4.18 Å². The van der Waals surface area contributed by atoms with Crippen LogP contribution in [0.1, 0.15) is 34.0 Å². The molecule has 0 N–H and O–H groups in total. The molecule has 31 heavy (non-hydrogen) atoms. The summed E-state index contributed by atoms with van der Waals surface area (Å²) in [5, 5.41) is 0.988. The Labute approximate surface area is 177 Å². The number of hydrogen-bond donors (Lipinski definition) is 0. The Morgan fingerprint density at radius 2 is 1.65 bits per heavy atom. The molecule has 0 atom stereocenters. The summed E-state index contributed by atoms with van der Waals surface area (Å²) in [6.07, 6.45) is 1.34. The van der Waals surface area contributed by atoms with E-state index in [-0.39, 0.29) is 0 Å². The average molecular weight is 452 g/mol. The van der Waals surface area contributed by atoms with Gasteiger partial charge >= 0.3 is 21.6 Å². The molecule has 3 aromatic rings. The first-order chi connectivity index (χ1) is 14.6. The number of esters is 1.